The van der Waals surface area contributed by atoms with Gasteiger partial charge in [0.1, 0.15) is 11.0 Å². The van der Waals surface area contributed by atoms with E-state index in [4.69, 9.17) is 4.74 Å². The van der Waals surface area contributed by atoms with Crippen LogP contribution in [0.4, 0.5) is 0 Å². The number of nitriles is 1. The van der Waals surface area contributed by atoms with Crippen molar-refractivity contribution < 1.29 is 9.84 Å². The van der Waals surface area contributed by atoms with E-state index >= 15 is 0 Å². The van der Waals surface area contributed by atoms with Crippen molar-refractivity contribution in [3.8, 4) is 6.07 Å². The number of hydrogen-bond acceptors (Lipinski definition) is 3. The number of benzene rings is 1. The molecule has 2 atom stereocenters. The monoisotopic (exact) mass is 259 g/mol. The summed E-state index contributed by atoms with van der Waals surface area (Å²) < 4.78 is 5.47. The summed E-state index contributed by atoms with van der Waals surface area (Å²) in [4.78, 5) is 0. The maximum Gasteiger partial charge on any atom is 0.113 e. The summed E-state index contributed by atoms with van der Waals surface area (Å²) in [6, 6.07) is 8.32. The van der Waals surface area contributed by atoms with E-state index in [1.165, 1.54) is 0 Å². The molecule has 0 saturated carbocycles. The van der Waals surface area contributed by atoms with Crippen LogP contribution in [0.25, 0.3) is 0 Å². The summed E-state index contributed by atoms with van der Waals surface area (Å²) in [6.07, 6.45) is 1.48. The Balaban J connectivity index is 2.51. The molecule has 1 N–H and O–H groups in total. The van der Waals surface area contributed by atoms with Crippen molar-refractivity contribution in [2.75, 3.05) is 13.2 Å². The third-order valence-corrected chi connectivity index (χ3v) is 4.30. The van der Waals surface area contributed by atoms with Crippen molar-refractivity contribution in [1.29, 1.82) is 5.26 Å². The zero-order valence-electron chi connectivity index (χ0n) is 11.9. The van der Waals surface area contributed by atoms with Gasteiger partial charge in [0.25, 0.3) is 0 Å². The van der Waals surface area contributed by atoms with E-state index in [1.54, 1.807) is 6.92 Å². The van der Waals surface area contributed by atoms with Crippen molar-refractivity contribution in [2.24, 2.45) is 5.41 Å². The Labute approximate surface area is 114 Å². The largest absolute Gasteiger partial charge is 0.384 e. The van der Waals surface area contributed by atoms with E-state index < -0.39 is 11.0 Å². The molecule has 1 heterocycles. The molecule has 3 heteroatoms. The average molecular weight is 259 g/mol. The number of rotatable bonds is 2. The molecule has 3 nitrogen and oxygen atoms in total. The van der Waals surface area contributed by atoms with Gasteiger partial charge in [0.2, 0.25) is 0 Å². The fraction of sp³-hybridized carbons (Fsp3) is 0.562. The second-order valence-electron chi connectivity index (χ2n) is 5.74. The summed E-state index contributed by atoms with van der Waals surface area (Å²) in [5.74, 6) is 0. The predicted molar refractivity (Wildman–Crippen MR) is 73.6 cm³/mol. The summed E-state index contributed by atoms with van der Waals surface area (Å²) >= 11 is 0. The third-order valence-electron chi connectivity index (χ3n) is 4.30. The van der Waals surface area contributed by atoms with Crippen LogP contribution < -0.4 is 0 Å². The number of aliphatic hydroxyl groups is 1. The minimum atomic E-state index is -1.20. The Hall–Kier alpha value is -1.37. The molecule has 0 amide bonds. The van der Waals surface area contributed by atoms with E-state index in [-0.39, 0.29) is 0 Å². The highest BCUT2D eigenvalue weighted by Gasteiger charge is 2.50. The van der Waals surface area contributed by atoms with Gasteiger partial charge in [-0.2, -0.15) is 5.26 Å². The highest BCUT2D eigenvalue weighted by molar-refractivity contribution is 5.38. The molecule has 0 radical (unpaired) electrons. The standard InChI is InChI=1S/C16H21NO2/c1-12-5-6-13(2)14(9-12)15(3,18)16(10-17)7-4-8-19-11-16/h5-6,9,18H,4,7-8,11H2,1-3H3. The van der Waals surface area contributed by atoms with Gasteiger partial charge in [-0.25, -0.2) is 0 Å². The van der Waals surface area contributed by atoms with Crippen LogP contribution in [0.5, 0.6) is 0 Å². The minimum absolute atomic E-state index is 0.296. The smallest absolute Gasteiger partial charge is 0.113 e. The van der Waals surface area contributed by atoms with Crippen molar-refractivity contribution in [1.82, 2.24) is 0 Å². The number of hydrogen-bond donors (Lipinski definition) is 1. The second kappa shape index (κ2) is 4.96. The molecule has 0 spiro atoms. The quantitative estimate of drug-likeness (QED) is 0.888. The van der Waals surface area contributed by atoms with Crippen molar-refractivity contribution in [3.63, 3.8) is 0 Å². The first-order valence-corrected chi connectivity index (χ1v) is 6.72. The molecule has 19 heavy (non-hydrogen) atoms. The van der Waals surface area contributed by atoms with Gasteiger partial charge in [0.15, 0.2) is 0 Å². The normalized spacial score (nSPS) is 26.5. The molecule has 102 valence electrons. The molecule has 0 bridgehead atoms. The van der Waals surface area contributed by atoms with E-state index in [0.29, 0.717) is 19.6 Å². The summed E-state index contributed by atoms with van der Waals surface area (Å²) in [5, 5.41) is 20.7. The Morgan fingerprint density at radius 1 is 1.42 bits per heavy atom. The SMILES string of the molecule is Cc1ccc(C)c(C(C)(O)C2(C#N)CCCOC2)c1. The van der Waals surface area contributed by atoms with Gasteiger partial charge in [-0.1, -0.05) is 23.8 Å². The molecule has 1 aliphatic heterocycles. The fourth-order valence-corrected chi connectivity index (χ4v) is 2.89. The lowest BCUT2D eigenvalue weighted by Crippen LogP contribution is -2.48. The molecule has 1 aliphatic rings. The van der Waals surface area contributed by atoms with E-state index in [9.17, 15) is 10.4 Å². The van der Waals surface area contributed by atoms with Crippen LogP contribution in [0.1, 0.15) is 36.5 Å². The molecule has 2 unspecified atom stereocenters. The Bertz CT molecular complexity index is 508. The number of nitrogens with zero attached hydrogens (tertiary/aromatic N) is 1. The third kappa shape index (κ3) is 2.27. The molecular weight excluding hydrogens is 238 g/mol. The van der Waals surface area contributed by atoms with Crippen LogP contribution in [0.3, 0.4) is 0 Å². The van der Waals surface area contributed by atoms with Gasteiger partial charge in [-0.15, -0.1) is 0 Å². The summed E-state index contributed by atoms with van der Waals surface area (Å²) in [6.45, 7) is 6.68. The number of ether oxygens (including phenoxy) is 1. The van der Waals surface area contributed by atoms with Crippen LogP contribution in [0, 0.1) is 30.6 Å². The Kier molecular flexibility index (Phi) is 3.66. The van der Waals surface area contributed by atoms with Crippen molar-refractivity contribution in [2.45, 2.75) is 39.2 Å². The zero-order valence-corrected chi connectivity index (χ0v) is 11.9. The van der Waals surface area contributed by atoms with Crippen LogP contribution in [-0.4, -0.2) is 18.3 Å². The summed E-state index contributed by atoms with van der Waals surface area (Å²) in [7, 11) is 0. The van der Waals surface area contributed by atoms with Gasteiger partial charge >= 0.3 is 0 Å². The van der Waals surface area contributed by atoms with Crippen molar-refractivity contribution in [3.05, 3.63) is 34.9 Å². The average Bonchev–Trinajstić information content (AvgIpc) is 2.42. The topological polar surface area (TPSA) is 53.2 Å². The van der Waals surface area contributed by atoms with E-state index in [2.05, 4.69) is 6.07 Å². The fourth-order valence-electron chi connectivity index (χ4n) is 2.89. The first kappa shape index (κ1) is 14.0. The maximum atomic E-state index is 11.1. The van der Waals surface area contributed by atoms with E-state index in [0.717, 1.165) is 23.1 Å². The zero-order chi connectivity index (χ0) is 14.1. The number of aryl methyl sites for hydroxylation is 2. The minimum Gasteiger partial charge on any atom is -0.384 e. The molecular formula is C16H21NO2. The highest BCUT2D eigenvalue weighted by atomic mass is 16.5. The summed E-state index contributed by atoms with van der Waals surface area (Å²) in [5.41, 5.74) is 0.878. The molecule has 0 aromatic heterocycles. The molecule has 1 aromatic carbocycles. The molecule has 0 aliphatic carbocycles. The Morgan fingerprint density at radius 3 is 2.74 bits per heavy atom. The van der Waals surface area contributed by atoms with Crippen LogP contribution >= 0.6 is 0 Å². The molecule has 1 saturated heterocycles. The lowest BCUT2D eigenvalue weighted by molar-refractivity contribution is -0.113. The second-order valence-corrected chi connectivity index (χ2v) is 5.74. The van der Waals surface area contributed by atoms with Crippen LogP contribution in [0.2, 0.25) is 0 Å². The van der Waals surface area contributed by atoms with Gasteiger partial charge in [0, 0.05) is 6.61 Å². The molecule has 2 rings (SSSR count). The first-order valence-electron chi connectivity index (χ1n) is 6.72. The van der Waals surface area contributed by atoms with Gasteiger partial charge in [0.05, 0.1) is 12.7 Å². The van der Waals surface area contributed by atoms with E-state index in [1.807, 2.05) is 32.0 Å². The van der Waals surface area contributed by atoms with Gasteiger partial charge < -0.3 is 9.84 Å². The van der Waals surface area contributed by atoms with Gasteiger partial charge in [-0.05, 0) is 44.7 Å². The maximum absolute atomic E-state index is 11.1. The highest BCUT2D eigenvalue weighted by Crippen LogP contribution is 2.46. The Morgan fingerprint density at radius 2 is 2.16 bits per heavy atom. The predicted octanol–water partition coefficient (Wildman–Crippen LogP) is 2.83. The molecule has 1 aromatic rings. The van der Waals surface area contributed by atoms with Crippen molar-refractivity contribution >= 4 is 0 Å². The van der Waals surface area contributed by atoms with Crippen LogP contribution in [0.15, 0.2) is 18.2 Å². The lowest BCUT2D eigenvalue weighted by atomic mass is 9.66. The first-order chi connectivity index (χ1) is 8.93. The van der Waals surface area contributed by atoms with Crippen LogP contribution in [-0.2, 0) is 10.3 Å². The lowest BCUT2D eigenvalue weighted by Gasteiger charge is -2.43. The molecule has 1 fully saturated rings. The van der Waals surface area contributed by atoms with Gasteiger partial charge in [-0.3, -0.25) is 0 Å².